The molecule has 0 bridgehead atoms. The molecule has 0 unspecified atom stereocenters. The Morgan fingerprint density at radius 2 is 1.62 bits per heavy atom. The van der Waals surface area contributed by atoms with Crippen LogP contribution in [0.15, 0.2) is 73.3 Å². The molecule has 0 fully saturated rings. The van der Waals surface area contributed by atoms with Crippen molar-refractivity contribution in [3.63, 3.8) is 0 Å². The van der Waals surface area contributed by atoms with Gasteiger partial charge in [0.05, 0.1) is 6.04 Å². The zero-order valence-corrected chi connectivity index (χ0v) is 12.1. The topological polar surface area (TPSA) is 41.1 Å². The highest BCUT2D eigenvalue weighted by Gasteiger charge is 2.17. The summed E-state index contributed by atoms with van der Waals surface area (Å²) in [5, 5.41) is 0. The predicted octanol–water partition coefficient (Wildman–Crippen LogP) is 3.48. The fourth-order valence-electron chi connectivity index (χ4n) is 2.12. The summed E-state index contributed by atoms with van der Waals surface area (Å²) < 4.78 is 0. The first-order valence-corrected chi connectivity index (χ1v) is 7.01. The number of carbonyl (C=O) groups excluding carboxylic acids is 1. The van der Waals surface area contributed by atoms with Crippen molar-refractivity contribution in [3.05, 3.63) is 84.4 Å². The monoisotopic (exact) mass is 280 g/mol. The Bertz CT molecular complexity index is 581. The van der Waals surface area contributed by atoms with Crippen LogP contribution in [0.2, 0.25) is 0 Å². The molecule has 2 aromatic rings. The third kappa shape index (κ3) is 4.04. The molecular formula is C18H20N2O. The van der Waals surface area contributed by atoms with Gasteiger partial charge in [-0.3, -0.25) is 10.2 Å². The fraction of sp³-hybridized carbons (Fsp3) is 0.167. The van der Waals surface area contributed by atoms with E-state index in [4.69, 9.17) is 0 Å². The maximum atomic E-state index is 12.1. The van der Waals surface area contributed by atoms with Crippen LogP contribution in [-0.2, 0) is 0 Å². The summed E-state index contributed by atoms with van der Waals surface area (Å²) in [6.07, 6.45) is 1.87. The molecule has 0 radical (unpaired) electrons. The molecule has 0 aliphatic heterocycles. The first kappa shape index (κ1) is 15.0. The highest BCUT2D eigenvalue weighted by molar-refractivity contribution is 5.93. The molecule has 0 aliphatic rings. The van der Waals surface area contributed by atoms with Crippen molar-refractivity contribution in [1.29, 1.82) is 0 Å². The molecule has 1 amide bonds. The van der Waals surface area contributed by atoms with Crippen molar-refractivity contribution in [3.8, 4) is 0 Å². The maximum Gasteiger partial charge on any atom is 0.265 e. The lowest BCUT2D eigenvalue weighted by molar-refractivity contribution is 0.0921. The van der Waals surface area contributed by atoms with Crippen molar-refractivity contribution in [2.45, 2.75) is 13.0 Å². The first-order valence-electron chi connectivity index (χ1n) is 7.01. The van der Waals surface area contributed by atoms with Crippen LogP contribution in [-0.4, -0.2) is 5.91 Å². The smallest absolute Gasteiger partial charge is 0.265 e. The fourth-order valence-corrected chi connectivity index (χ4v) is 2.12. The molecule has 3 heteroatoms. The second-order valence-electron chi connectivity index (χ2n) is 4.95. The molecule has 2 atom stereocenters. The van der Waals surface area contributed by atoms with E-state index in [1.165, 1.54) is 0 Å². The molecule has 108 valence electrons. The molecule has 2 aromatic carbocycles. The number of rotatable bonds is 6. The van der Waals surface area contributed by atoms with E-state index in [0.717, 1.165) is 5.56 Å². The number of amides is 1. The van der Waals surface area contributed by atoms with E-state index in [0.29, 0.717) is 5.56 Å². The molecule has 0 aromatic heterocycles. The number of carbonyl (C=O) groups is 1. The summed E-state index contributed by atoms with van der Waals surface area (Å²) in [4.78, 5) is 12.1. The van der Waals surface area contributed by atoms with E-state index in [-0.39, 0.29) is 17.9 Å². The Morgan fingerprint density at radius 3 is 2.19 bits per heavy atom. The minimum atomic E-state index is -0.146. The summed E-state index contributed by atoms with van der Waals surface area (Å²) in [6.45, 7) is 5.90. The molecule has 3 nitrogen and oxygen atoms in total. The van der Waals surface area contributed by atoms with Gasteiger partial charge < -0.3 is 0 Å². The van der Waals surface area contributed by atoms with Gasteiger partial charge in [-0.05, 0) is 23.6 Å². The van der Waals surface area contributed by atoms with E-state index >= 15 is 0 Å². The van der Waals surface area contributed by atoms with E-state index in [1.807, 2.05) is 54.6 Å². The zero-order valence-electron chi connectivity index (χ0n) is 12.1. The number of benzene rings is 2. The molecule has 0 spiro atoms. The number of nitrogens with one attached hydrogen (secondary N) is 2. The predicted molar refractivity (Wildman–Crippen MR) is 85.6 cm³/mol. The minimum Gasteiger partial charge on any atom is -0.287 e. The van der Waals surface area contributed by atoms with Crippen molar-refractivity contribution in [2.24, 2.45) is 5.92 Å². The lowest BCUT2D eigenvalue weighted by Gasteiger charge is -2.23. The van der Waals surface area contributed by atoms with Crippen molar-refractivity contribution in [1.82, 2.24) is 10.9 Å². The van der Waals surface area contributed by atoms with Crippen LogP contribution in [0, 0.1) is 5.92 Å². The van der Waals surface area contributed by atoms with Gasteiger partial charge in [0.1, 0.15) is 0 Å². The van der Waals surface area contributed by atoms with Crippen LogP contribution in [0.25, 0.3) is 0 Å². The molecule has 2 rings (SSSR count). The van der Waals surface area contributed by atoms with E-state index in [1.54, 1.807) is 12.1 Å². The molecular weight excluding hydrogens is 260 g/mol. The summed E-state index contributed by atoms with van der Waals surface area (Å²) in [6, 6.07) is 19.1. The maximum absolute atomic E-state index is 12.1. The standard InChI is InChI=1S/C18H20N2O/c1-3-14(2)17(15-10-6-4-7-11-15)19-20-18(21)16-12-8-5-9-13-16/h3-14,17,19H,1H2,2H3,(H,20,21)/t14-,17-/m0/s1. The lowest BCUT2D eigenvalue weighted by atomic mass is 9.95. The molecule has 2 N–H and O–H groups in total. The summed E-state index contributed by atoms with van der Waals surface area (Å²) >= 11 is 0. The van der Waals surface area contributed by atoms with E-state index in [2.05, 4.69) is 24.4 Å². The number of hydrogen-bond acceptors (Lipinski definition) is 2. The molecule has 0 aliphatic carbocycles. The Hall–Kier alpha value is -2.39. The van der Waals surface area contributed by atoms with Gasteiger partial charge in [-0.1, -0.05) is 61.5 Å². The molecule has 21 heavy (non-hydrogen) atoms. The van der Waals surface area contributed by atoms with Crippen LogP contribution in [0.5, 0.6) is 0 Å². The largest absolute Gasteiger partial charge is 0.287 e. The van der Waals surface area contributed by atoms with Gasteiger partial charge in [-0.15, -0.1) is 6.58 Å². The van der Waals surface area contributed by atoms with Crippen molar-refractivity contribution in [2.75, 3.05) is 0 Å². The van der Waals surface area contributed by atoms with Crippen molar-refractivity contribution >= 4 is 5.91 Å². The number of hydrogen-bond donors (Lipinski definition) is 2. The second kappa shape index (κ2) is 7.41. The molecule has 0 saturated carbocycles. The van der Waals surface area contributed by atoms with Gasteiger partial charge in [-0.25, -0.2) is 5.43 Å². The van der Waals surface area contributed by atoms with Gasteiger partial charge in [0.15, 0.2) is 0 Å². The Kier molecular flexibility index (Phi) is 5.29. The zero-order chi connectivity index (χ0) is 15.1. The normalized spacial score (nSPS) is 13.2. The Balaban J connectivity index is 2.06. The van der Waals surface area contributed by atoms with Crippen LogP contribution < -0.4 is 10.9 Å². The van der Waals surface area contributed by atoms with Gasteiger partial charge in [0, 0.05) is 5.56 Å². The molecule has 0 saturated heterocycles. The van der Waals surface area contributed by atoms with Crippen LogP contribution in [0.3, 0.4) is 0 Å². The van der Waals surface area contributed by atoms with Gasteiger partial charge >= 0.3 is 0 Å². The Morgan fingerprint density at radius 1 is 1.05 bits per heavy atom. The second-order valence-corrected chi connectivity index (χ2v) is 4.95. The van der Waals surface area contributed by atoms with Crippen molar-refractivity contribution < 1.29 is 4.79 Å². The third-order valence-corrected chi connectivity index (χ3v) is 3.43. The highest BCUT2D eigenvalue weighted by Crippen LogP contribution is 2.21. The van der Waals surface area contributed by atoms with E-state index in [9.17, 15) is 4.79 Å². The van der Waals surface area contributed by atoms with E-state index < -0.39 is 0 Å². The van der Waals surface area contributed by atoms with Gasteiger partial charge in [0.2, 0.25) is 0 Å². The third-order valence-electron chi connectivity index (χ3n) is 3.43. The van der Waals surface area contributed by atoms with Crippen LogP contribution in [0.4, 0.5) is 0 Å². The Labute approximate surface area is 125 Å². The highest BCUT2D eigenvalue weighted by atomic mass is 16.2. The van der Waals surface area contributed by atoms with Gasteiger partial charge in [0.25, 0.3) is 5.91 Å². The summed E-state index contributed by atoms with van der Waals surface area (Å²) in [7, 11) is 0. The summed E-state index contributed by atoms with van der Waals surface area (Å²) in [5.74, 6) is 0.0382. The number of hydrazine groups is 1. The first-order chi connectivity index (χ1) is 10.2. The quantitative estimate of drug-likeness (QED) is 0.628. The van der Waals surface area contributed by atoms with Crippen LogP contribution >= 0.6 is 0 Å². The molecule has 0 heterocycles. The van der Waals surface area contributed by atoms with Gasteiger partial charge in [-0.2, -0.15) is 0 Å². The summed E-state index contributed by atoms with van der Waals surface area (Å²) in [5.41, 5.74) is 7.63. The minimum absolute atomic E-state index is 0.0173. The van der Waals surface area contributed by atoms with Crippen LogP contribution in [0.1, 0.15) is 28.9 Å². The lowest BCUT2D eigenvalue weighted by Crippen LogP contribution is -2.41. The average molecular weight is 280 g/mol. The SMILES string of the molecule is C=C[C@H](C)[C@H](NNC(=O)c1ccccc1)c1ccccc1. The average Bonchev–Trinajstić information content (AvgIpc) is 2.56.